The van der Waals surface area contributed by atoms with Crippen molar-refractivity contribution in [2.75, 3.05) is 4.31 Å². The average molecular weight is 398 g/mol. The summed E-state index contributed by atoms with van der Waals surface area (Å²) in [4.78, 5) is 11.5. The fourth-order valence-electron chi connectivity index (χ4n) is 2.18. The number of hydrogen-bond donors (Lipinski definition) is 1. The zero-order valence-electron chi connectivity index (χ0n) is 12.6. The van der Waals surface area contributed by atoms with Crippen molar-refractivity contribution in [3.05, 3.63) is 58.6 Å². The number of carbonyl (C=O) groups is 1. The molecular formula is C16H16BrNO4S. The molecule has 2 aromatic carbocycles. The number of nitrogens with zero attached hydrogens (tertiary/aromatic N) is 1. The lowest BCUT2D eigenvalue weighted by Gasteiger charge is -2.29. The smallest absolute Gasteiger partial charge is 0.327 e. The van der Waals surface area contributed by atoms with Gasteiger partial charge in [-0.1, -0.05) is 34.1 Å². The van der Waals surface area contributed by atoms with E-state index in [2.05, 4.69) is 15.9 Å². The fourth-order valence-corrected chi connectivity index (χ4v) is 4.12. The van der Waals surface area contributed by atoms with Gasteiger partial charge >= 0.3 is 5.97 Å². The first-order valence-corrected chi connectivity index (χ1v) is 9.07. The molecule has 0 aromatic heterocycles. The molecule has 2 rings (SSSR count). The Morgan fingerprint density at radius 1 is 1.13 bits per heavy atom. The van der Waals surface area contributed by atoms with E-state index >= 15 is 0 Å². The molecular weight excluding hydrogens is 382 g/mol. The van der Waals surface area contributed by atoms with Gasteiger partial charge in [0, 0.05) is 4.47 Å². The summed E-state index contributed by atoms with van der Waals surface area (Å²) in [5, 5.41) is 9.35. The monoisotopic (exact) mass is 397 g/mol. The summed E-state index contributed by atoms with van der Waals surface area (Å²) in [5.41, 5.74) is 1.03. The Balaban J connectivity index is 2.64. The highest BCUT2D eigenvalue weighted by molar-refractivity contribution is 9.10. The Bertz CT molecular complexity index is 818. The van der Waals surface area contributed by atoms with Gasteiger partial charge in [0.15, 0.2) is 0 Å². The van der Waals surface area contributed by atoms with Gasteiger partial charge in [0.05, 0.1) is 10.6 Å². The molecule has 0 aliphatic heterocycles. The van der Waals surface area contributed by atoms with Crippen molar-refractivity contribution < 1.29 is 18.3 Å². The molecule has 5 nitrogen and oxygen atoms in total. The largest absolute Gasteiger partial charge is 0.480 e. The van der Waals surface area contributed by atoms with Crippen LogP contribution in [-0.4, -0.2) is 25.5 Å². The number of sulfonamides is 1. The lowest BCUT2D eigenvalue weighted by molar-refractivity contribution is -0.137. The number of benzene rings is 2. The molecule has 122 valence electrons. The molecule has 0 aliphatic rings. The van der Waals surface area contributed by atoms with Crippen molar-refractivity contribution in [3.63, 3.8) is 0 Å². The van der Waals surface area contributed by atoms with Crippen molar-refractivity contribution >= 4 is 37.6 Å². The van der Waals surface area contributed by atoms with Crippen LogP contribution < -0.4 is 4.31 Å². The minimum Gasteiger partial charge on any atom is -0.480 e. The Labute approximate surface area is 143 Å². The van der Waals surface area contributed by atoms with Gasteiger partial charge in [-0.15, -0.1) is 0 Å². The SMILES string of the molecule is Cc1ccccc1N(C(C)C(=O)O)S(=O)(=O)c1ccc(Br)cc1. The third-order valence-corrected chi connectivity index (χ3v) is 5.86. The molecule has 1 unspecified atom stereocenters. The van der Waals surface area contributed by atoms with Crippen LogP contribution in [0.5, 0.6) is 0 Å². The number of rotatable bonds is 5. The summed E-state index contributed by atoms with van der Waals surface area (Å²) in [6.07, 6.45) is 0. The molecule has 0 saturated carbocycles. The van der Waals surface area contributed by atoms with Gasteiger partial charge in [0.2, 0.25) is 0 Å². The second-order valence-corrected chi connectivity index (χ2v) is 7.79. The van der Waals surface area contributed by atoms with Crippen LogP contribution in [0.3, 0.4) is 0 Å². The number of carboxylic acids is 1. The molecule has 1 N–H and O–H groups in total. The van der Waals surface area contributed by atoms with Crippen molar-refractivity contribution in [2.45, 2.75) is 24.8 Å². The Morgan fingerprint density at radius 2 is 1.70 bits per heavy atom. The van der Waals surface area contributed by atoms with E-state index in [1.54, 1.807) is 43.3 Å². The van der Waals surface area contributed by atoms with Crippen LogP contribution in [0.2, 0.25) is 0 Å². The predicted molar refractivity (Wildman–Crippen MR) is 92.1 cm³/mol. The van der Waals surface area contributed by atoms with Crippen LogP contribution in [-0.2, 0) is 14.8 Å². The topological polar surface area (TPSA) is 74.7 Å². The predicted octanol–water partition coefficient (Wildman–Crippen LogP) is 3.43. The number of hydrogen-bond acceptors (Lipinski definition) is 3. The summed E-state index contributed by atoms with van der Waals surface area (Å²) in [5.74, 6) is -1.21. The molecule has 0 spiro atoms. The van der Waals surface area contributed by atoms with Gasteiger partial charge in [-0.3, -0.25) is 4.31 Å². The van der Waals surface area contributed by atoms with Crippen LogP contribution >= 0.6 is 15.9 Å². The Hall–Kier alpha value is -1.86. The third-order valence-electron chi connectivity index (χ3n) is 3.43. The Morgan fingerprint density at radius 3 is 2.22 bits per heavy atom. The molecule has 0 amide bonds. The molecule has 0 aliphatic carbocycles. The maximum atomic E-state index is 13.0. The standard InChI is InChI=1S/C16H16BrNO4S/c1-11-5-3-4-6-15(11)18(12(2)16(19)20)23(21,22)14-9-7-13(17)8-10-14/h3-10,12H,1-2H3,(H,19,20). The van der Waals surface area contributed by atoms with E-state index in [1.807, 2.05) is 0 Å². The first-order chi connectivity index (χ1) is 10.7. The third kappa shape index (κ3) is 3.56. The van der Waals surface area contributed by atoms with Gasteiger partial charge in [-0.25, -0.2) is 13.2 Å². The summed E-state index contributed by atoms with van der Waals surface area (Å²) < 4.78 is 27.7. The number of carboxylic acid groups (broad SMARTS) is 1. The van der Waals surface area contributed by atoms with E-state index in [0.29, 0.717) is 11.3 Å². The molecule has 0 fully saturated rings. The van der Waals surface area contributed by atoms with Gasteiger partial charge in [-0.05, 0) is 49.7 Å². The lowest BCUT2D eigenvalue weighted by atomic mass is 10.2. The van der Waals surface area contributed by atoms with Crippen molar-refractivity contribution in [3.8, 4) is 0 Å². The van der Waals surface area contributed by atoms with Gasteiger partial charge in [0.1, 0.15) is 6.04 Å². The van der Waals surface area contributed by atoms with Crippen molar-refractivity contribution in [1.82, 2.24) is 0 Å². The first-order valence-electron chi connectivity index (χ1n) is 6.83. The zero-order valence-corrected chi connectivity index (χ0v) is 15.0. The summed E-state index contributed by atoms with van der Waals surface area (Å²) in [6.45, 7) is 3.10. The molecule has 7 heteroatoms. The molecule has 23 heavy (non-hydrogen) atoms. The van der Waals surface area contributed by atoms with Crippen LogP contribution in [0.25, 0.3) is 0 Å². The second kappa shape index (κ2) is 6.72. The lowest BCUT2D eigenvalue weighted by Crippen LogP contribution is -2.43. The van der Waals surface area contributed by atoms with E-state index < -0.39 is 22.0 Å². The second-order valence-electron chi connectivity index (χ2n) is 5.06. The normalized spacial score (nSPS) is 12.7. The highest BCUT2D eigenvalue weighted by atomic mass is 79.9. The van der Waals surface area contributed by atoms with Crippen molar-refractivity contribution in [2.24, 2.45) is 0 Å². The van der Waals surface area contributed by atoms with E-state index in [4.69, 9.17) is 0 Å². The maximum absolute atomic E-state index is 13.0. The zero-order chi connectivity index (χ0) is 17.2. The molecule has 2 aromatic rings. The van der Waals surface area contributed by atoms with Crippen LogP contribution in [0.1, 0.15) is 12.5 Å². The number of para-hydroxylation sites is 1. The van der Waals surface area contributed by atoms with Gasteiger partial charge < -0.3 is 5.11 Å². The fraction of sp³-hybridized carbons (Fsp3) is 0.188. The van der Waals surface area contributed by atoms with E-state index in [1.165, 1.54) is 19.1 Å². The number of aliphatic carboxylic acids is 1. The van der Waals surface area contributed by atoms with Gasteiger partial charge in [-0.2, -0.15) is 0 Å². The summed E-state index contributed by atoms with van der Waals surface area (Å²) in [7, 11) is -4.01. The number of aryl methyl sites for hydroxylation is 1. The Kier molecular flexibility index (Phi) is 5.11. The van der Waals surface area contributed by atoms with Crippen LogP contribution in [0.15, 0.2) is 57.9 Å². The molecule has 0 bridgehead atoms. The maximum Gasteiger partial charge on any atom is 0.327 e. The van der Waals surface area contributed by atoms with E-state index in [9.17, 15) is 18.3 Å². The van der Waals surface area contributed by atoms with Crippen LogP contribution in [0.4, 0.5) is 5.69 Å². The van der Waals surface area contributed by atoms with E-state index in [-0.39, 0.29) is 4.90 Å². The van der Waals surface area contributed by atoms with Crippen LogP contribution in [0, 0.1) is 6.92 Å². The minimum atomic E-state index is -4.01. The summed E-state index contributed by atoms with van der Waals surface area (Å²) >= 11 is 3.26. The number of halogens is 1. The number of anilines is 1. The summed E-state index contributed by atoms with van der Waals surface area (Å²) in [6, 6.07) is 11.7. The first kappa shape index (κ1) is 17.5. The van der Waals surface area contributed by atoms with Gasteiger partial charge in [0.25, 0.3) is 10.0 Å². The molecule has 0 saturated heterocycles. The molecule has 1 atom stereocenters. The highest BCUT2D eigenvalue weighted by Gasteiger charge is 2.34. The average Bonchev–Trinajstić information content (AvgIpc) is 2.49. The van der Waals surface area contributed by atoms with E-state index in [0.717, 1.165) is 8.78 Å². The highest BCUT2D eigenvalue weighted by Crippen LogP contribution is 2.29. The van der Waals surface area contributed by atoms with Crippen molar-refractivity contribution in [1.29, 1.82) is 0 Å². The quantitative estimate of drug-likeness (QED) is 0.838. The molecule has 0 heterocycles. The molecule has 0 radical (unpaired) electrons. The minimum absolute atomic E-state index is 0.0389.